The Morgan fingerprint density at radius 2 is 1.72 bits per heavy atom. The van der Waals surface area contributed by atoms with Gasteiger partial charge in [0.25, 0.3) is 0 Å². The first-order valence-electron chi connectivity index (χ1n) is 13.1. The van der Waals surface area contributed by atoms with Gasteiger partial charge in [-0.2, -0.15) is 0 Å². The fourth-order valence-corrected chi connectivity index (χ4v) is 4.19. The van der Waals surface area contributed by atoms with Crippen LogP contribution in [0.3, 0.4) is 0 Å². The molecule has 0 aliphatic heterocycles. The van der Waals surface area contributed by atoms with Crippen molar-refractivity contribution < 1.29 is 28.3 Å². The third kappa shape index (κ3) is 8.78. The Morgan fingerprint density at radius 3 is 2.44 bits per heavy atom. The van der Waals surface area contributed by atoms with E-state index in [2.05, 4.69) is 0 Å². The van der Waals surface area contributed by atoms with Crippen molar-refractivity contribution in [2.24, 2.45) is 0 Å². The third-order valence-corrected chi connectivity index (χ3v) is 6.23. The van der Waals surface area contributed by atoms with Crippen LogP contribution >= 0.6 is 0 Å². The summed E-state index contributed by atoms with van der Waals surface area (Å²) in [5.74, 6) is -1.12. The van der Waals surface area contributed by atoms with E-state index in [1.54, 1.807) is 31.1 Å². The summed E-state index contributed by atoms with van der Waals surface area (Å²) in [5, 5.41) is 0.454. The van der Waals surface area contributed by atoms with Crippen LogP contribution in [0.4, 0.5) is 0 Å². The average molecular weight is 537 g/mol. The zero-order chi connectivity index (χ0) is 28.2. The van der Waals surface area contributed by atoms with Crippen LogP contribution in [0.1, 0.15) is 42.9 Å². The lowest BCUT2D eigenvalue weighted by Gasteiger charge is -2.28. The number of rotatable bonds is 14. The van der Waals surface area contributed by atoms with E-state index in [4.69, 9.17) is 13.9 Å². The topological polar surface area (TPSA) is 106 Å². The van der Waals surface area contributed by atoms with E-state index in [1.165, 1.54) is 11.2 Å². The quantitative estimate of drug-likeness (QED) is 0.228. The summed E-state index contributed by atoms with van der Waals surface area (Å²) >= 11 is 0. The second kappa shape index (κ2) is 14.8. The van der Waals surface area contributed by atoms with Gasteiger partial charge in [0.05, 0.1) is 43.3 Å². The molecule has 9 heteroatoms. The maximum Gasteiger partial charge on any atom is 0.306 e. The molecule has 1 aromatic heterocycles. The SMILES string of the molecule is CCOC(=O)CCC(=O)N(CCCOC)CC(=O)N(Cc1ccccc1)Cc1coc2ccc(C)cc2c1=O. The lowest BCUT2D eigenvalue weighted by atomic mass is 10.1. The van der Waals surface area contributed by atoms with Crippen LogP contribution in [-0.4, -0.2) is 61.0 Å². The van der Waals surface area contributed by atoms with E-state index in [1.807, 2.05) is 43.3 Å². The number of esters is 1. The number of nitrogens with zero attached hydrogens (tertiary/aromatic N) is 2. The Morgan fingerprint density at radius 1 is 0.949 bits per heavy atom. The van der Waals surface area contributed by atoms with E-state index in [0.717, 1.165) is 11.1 Å². The van der Waals surface area contributed by atoms with Crippen LogP contribution in [0.25, 0.3) is 11.0 Å². The van der Waals surface area contributed by atoms with Gasteiger partial charge in [0.2, 0.25) is 11.8 Å². The van der Waals surface area contributed by atoms with Crippen molar-refractivity contribution in [3.63, 3.8) is 0 Å². The van der Waals surface area contributed by atoms with Gasteiger partial charge in [-0.1, -0.05) is 42.0 Å². The smallest absolute Gasteiger partial charge is 0.306 e. The van der Waals surface area contributed by atoms with Crippen molar-refractivity contribution >= 4 is 28.8 Å². The lowest BCUT2D eigenvalue weighted by Crippen LogP contribution is -2.43. The van der Waals surface area contributed by atoms with Crippen LogP contribution in [0.15, 0.2) is 64.0 Å². The molecule has 9 nitrogen and oxygen atoms in total. The molecule has 0 saturated carbocycles. The van der Waals surface area contributed by atoms with Gasteiger partial charge in [-0.3, -0.25) is 19.2 Å². The highest BCUT2D eigenvalue weighted by Gasteiger charge is 2.23. The van der Waals surface area contributed by atoms with Crippen molar-refractivity contribution in [2.45, 2.75) is 46.2 Å². The summed E-state index contributed by atoms with van der Waals surface area (Å²) in [4.78, 5) is 54.7. The predicted molar refractivity (Wildman–Crippen MR) is 147 cm³/mol. The number of ether oxygens (including phenoxy) is 2. The van der Waals surface area contributed by atoms with E-state index in [0.29, 0.717) is 29.6 Å². The molecule has 2 aromatic carbocycles. The molecule has 0 N–H and O–H groups in total. The number of benzene rings is 2. The maximum atomic E-state index is 13.6. The van der Waals surface area contributed by atoms with Crippen LogP contribution in [0.5, 0.6) is 0 Å². The molecular formula is C30H36N2O7. The zero-order valence-electron chi connectivity index (χ0n) is 22.8. The molecular weight excluding hydrogens is 500 g/mol. The average Bonchev–Trinajstić information content (AvgIpc) is 2.93. The van der Waals surface area contributed by atoms with Gasteiger partial charge in [-0.05, 0) is 38.0 Å². The third-order valence-electron chi connectivity index (χ3n) is 6.23. The number of amides is 2. The van der Waals surface area contributed by atoms with Gasteiger partial charge < -0.3 is 23.7 Å². The van der Waals surface area contributed by atoms with Gasteiger partial charge in [0.15, 0.2) is 5.43 Å². The molecule has 0 bridgehead atoms. The van der Waals surface area contributed by atoms with Crippen molar-refractivity contribution in [3.05, 3.63) is 81.7 Å². The zero-order valence-corrected chi connectivity index (χ0v) is 22.8. The minimum Gasteiger partial charge on any atom is -0.466 e. The highest BCUT2D eigenvalue weighted by Crippen LogP contribution is 2.16. The minimum absolute atomic E-state index is 0.0167. The number of methoxy groups -OCH3 is 1. The minimum atomic E-state index is -0.460. The summed E-state index contributed by atoms with van der Waals surface area (Å²) < 4.78 is 15.8. The first-order chi connectivity index (χ1) is 18.8. The Bertz CT molecular complexity index is 1320. The standard InChI is InChI=1S/C30H36N2O7/c1-4-38-29(35)14-13-27(33)31(15-8-16-37-3)20-28(34)32(18-23-9-6-5-7-10-23)19-24-21-39-26-12-11-22(2)17-25(26)30(24)36/h5-7,9-12,17,21H,4,8,13-16,18-20H2,1-3H3. The Balaban J connectivity index is 1.84. The van der Waals surface area contributed by atoms with Gasteiger partial charge in [-0.15, -0.1) is 0 Å². The summed E-state index contributed by atoms with van der Waals surface area (Å²) in [6, 6.07) is 14.8. The highest BCUT2D eigenvalue weighted by molar-refractivity contribution is 5.86. The summed E-state index contributed by atoms with van der Waals surface area (Å²) in [7, 11) is 1.57. The van der Waals surface area contributed by atoms with E-state index in [-0.39, 0.29) is 62.9 Å². The first-order valence-corrected chi connectivity index (χ1v) is 13.1. The second-order valence-electron chi connectivity index (χ2n) is 9.29. The number of aryl methyl sites for hydroxylation is 1. The Labute approximate surface area is 228 Å². The molecule has 0 radical (unpaired) electrons. The Hall–Kier alpha value is -3.98. The molecule has 0 unspecified atom stereocenters. The predicted octanol–water partition coefficient (Wildman–Crippen LogP) is 3.84. The van der Waals surface area contributed by atoms with Gasteiger partial charge in [-0.25, -0.2) is 0 Å². The number of carbonyl (C=O) groups excluding carboxylic acids is 3. The molecule has 208 valence electrons. The maximum absolute atomic E-state index is 13.6. The van der Waals surface area contributed by atoms with Gasteiger partial charge in [0, 0.05) is 33.2 Å². The summed E-state index contributed by atoms with van der Waals surface area (Å²) in [5.41, 5.74) is 2.43. The molecule has 3 aromatic rings. The molecule has 0 fully saturated rings. The van der Waals surface area contributed by atoms with E-state index < -0.39 is 5.97 Å². The van der Waals surface area contributed by atoms with Crippen LogP contribution < -0.4 is 5.43 Å². The lowest BCUT2D eigenvalue weighted by molar-refractivity contribution is -0.146. The monoisotopic (exact) mass is 536 g/mol. The molecule has 1 heterocycles. The van der Waals surface area contributed by atoms with Crippen LogP contribution in [-0.2, 0) is 36.9 Å². The molecule has 0 aliphatic rings. The van der Waals surface area contributed by atoms with Gasteiger partial charge >= 0.3 is 5.97 Å². The molecule has 3 rings (SSSR count). The number of fused-ring (bicyclic) bond motifs is 1. The van der Waals surface area contributed by atoms with E-state index in [9.17, 15) is 19.2 Å². The second-order valence-corrected chi connectivity index (χ2v) is 9.29. The fourth-order valence-electron chi connectivity index (χ4n) is 4.19. The van der Waals surface area contributed by atoms with Gasteiger partial charge in [0.1, 0.15) is 5.58 Å². The molecule has 2 amide bonds. The molecule has 0 spiro atoms. The number of hydrogen-bond donors (Lipinski definition) is 0. The van der Waals surface area contributed by atoms with Crippen molar-refractivity contribution in [1.29, 1.82) is 0 Å². The van der Waals surface area contributed by atoms with Crippen molar-refractivity contribution in [1.82, 2.24) is 9.80 Å². The molecule has 39 heavy (non-hydrogen) atoms. The summed E-state index contributed by atoms with van der Waals surface area (Å²) in [6.45, 7) is 4.60. The van der Waals surface area contributed by atoms with Crippen LogP contribution in [0, 0.1) is 6.92 Å². The van der Waals surface area contributed by atoms with E-state index >= 15 is 0 Å². The highest BCUT2D eigenvalue weighted by atomic mass is 16.5. The number of hydrogen-bond acceptors (Lipinski definition) is 7. The summed E-state index contributed by atoms with van der Waals surface area (Å²) in [6.07, 6.45) is 1.80. The fraction of sp³-hybridized carbons (Fsp3) is 0.400. The normalized spacial score (nSPS) is 10.8. The molecule has 0 saturated heterocycles. The van der Waals surface area contributed by atoms with Crippen molar-refractivity contribution in [2.75, 3.05) is 33.4 Å². The van der Waals surface area contributed by atoms with Crippen LogP contribution in [0.2, 0.25) is 0 Å². The first kappa shape index (κ1) is 29.6. The van der Waals surface area contributed by atoms with Crippen molar-refractivity contribution in [3.8, 4) is 0 Å². The Kier molecular flexibility index (Phi) is 11.2. The largest absolute Gasteiger partial charge is 0.466 e. The molecule has 0 atom stereocenters. The molecule has 0 aliphatic carbocycles. The number of carbonyl (C=O) groups is 3.